The summed E-state index contributed by atoms with van der Waals surface area (Å²) in [5.74, 6) is -1.02. The fraction of sp³-hybridized carbons (Fsp3) is 0.971. The molecule has 0 fully saturated rings. The molecule has 2 nitrogen and oxygen atoms in total. The molecule has 0 aromatic carbocycles. The first kappa shape index (κ1) is 39.6. The molecule has 0 aromatic heterocycles. The normalized spacial score (nSPS) is 11.9. The minimum Gasteiger partial charge on any atom is -0.550 e. The van der Waals surface area contributed by atoms with E-state index in [4.69, 9.17) is 0 Å². The van der Waals surface area contributed by atoms with Crippen LogP contribution in [0.3, 0.4) is 0 Å². The maximum absolute atomic E-state index is 11.5. The number of unbranched alkanes of at least 4 members (excludes halogenated alkanes) is 26. The number of carbonyl (C=O) groups is 1. The molecule has 0 aliphatic rings. The molecule has 1 atom stereocenters. The van der Waals surface area contributed by atoms with Crippen LogP contribution in [0.4, 0.5) is 0 Å². The quantitative estimate of drug-likeness (QED) is 0.0671. The Kier molecular flexibility index (Phi) is 36.9. The van der Waals surface area contributed by atoms with E-state index in [2.05, 4.69) is 13.8 Å². The molecule has 0 spiro atoms. The number of hydrogen-bond donors (Lipinski definition) is 0. The van der Waals surface area contributed by atoms with Crippen molar-refractivity contribution in [1.29, 1.82) is 0 Å². The van der Waals surface area contributed by atoms with Gasteiger partial charge < -0.3 is 9.90 Å². The van der Waals surface area contributed by atoms with Crippen LogP contribution in [-0.2, 0) is 4.79 Å². The molecule has 0 amide bonds. The van der Waals surface area contributed by atoms with Crippen molar-refractivity contribution in [1.82, 2.24) is 0 Å². The molecular weight excluding hydrogens is 463 g/mol. The zero-order valence-corrected chi connectivity index (χ0v) is 28.1. The minimum atomic E-state index is -0.806. The van der Waals surface area contributed by atoms with Crippen molar-refractivity contribution >= 4 is 5.97 Å². The second kappa shape index (κ2) is 34.5. The topological polar surface area (TPSA) is 40.1 Å². The van der Waals surface area contributed by atoms with Crippen molar-refractivity contribution in [2.45, 2.75) is 206 Å². The molecule has 1 unspecified atom stereocenters. The molecule has 0 radical (unpaired) electrons. The van der Waals surface area contributed by atoms with Gasteiger partial charge in [-0.3, -0.25) is 0 Å². The Bertz CT molecular complexity index is 426. The van der Waals surface area contributed by atoms with Crippen LogP contribution in [0.15, 0.2) is 0 Å². The minimum absolute atomic E-state index is 0. The monoisotopic (exact) mass is 531 g/mol. The summed E-state index contributed by atoms with van der Waals surface area (Å²) in [5.41, 5.74) is 0. The predicted octanol–water partition coefficient (Wildman–Crippen LogP) is 8.10. The molecule has 3 heteroatoms. The van der Waals surface area contributed by atoms with Crippen molar-refractivity contribution in [3.63, 3.8) is 0 Å². The second-order valence-corrected chi connectivity index (χ2v) is 11.8. The van der Waals surface area contributed by atoms with E-state index in [1.54, 1.807) is 0 Å². The van der Waals surface area contributed by atoms with Crippen LogP contribution >= 0.6 is 0 Å². The van der Waals surface area contributed by atoms with Crippen LogP contribution in [0.25, 0.3) is 0 Å². The van der Waals surface area contributed by atoms with Crippen LogP contribution < -0.4 is 34.7 Å². The summed E-state index contributed by atoms with van der Waals surface area (Å²) in [4.78, 5) is 11.5. The van der Waals surface area contributed by atoms with Crippen LogP contribution in [0.5, 0.6) is 0 Å². The molecule has 216 valence electrons. The molecule has 37 heavy (non-hydrogen) atoms. The zero-order valence-electron chi connectivity index (χ0n) is 26.1. The fourth-order valence-electron chi connectivity index (χ4n) is 5.55. The Morgan fingerprint density at radius 1 is 0.405 bits per heavy atom. The van der Waals surface area contributed by atoms with Gasteiger partial charge in [-0.15, -0.1) is 0 Å². The van der Waals surface area contributed by atoms with Gasteiger partial charge in [-0.2, -0.15) is 0 Å². The molecule has 0 rings (SSSR count). The second-order valence-electron chi connectivity index (χ2n) is 11.8. The Labute approximate surface area is 256 Å². The van der Waals surface area contributed by atoms with Crippen molar-refractivity contribution in [3.05, 3.63) is 0 Å². The Hall–Kier alpha value is 0.470. The van der Waals surface area contributed by atoms with E-state index < -0.39 is 5.97 Å². The first-order valence-electron chi connectivity index (χ1n) is 16.9. The Morgan fingerprint density at radius 2 is 0.595 bits per heavy atom. The third-order valence-corrected chi connectivity index (χ3v) is 8.15. The third kappa shape index (κ3) is 32.6. The smallest absolute Gasteiger partial charge is 0.550 e. The molecule has 0 aliphatic carbocycles. The van der Waals surface area contributed by atoms with E-state index in [9.17, 15) is 9.90 Å². The van der Waals surface area contributed by atoms with E-state index in [1.165, 1.54) is 167 Å². The SMILES string of the molecule is CCCCCCCCCCCCCCCCCCC(CCCCCCCCCCCCCC)C(=O)[O-].[Na+]. The van der Waals surface area contributed by atoms with Gasteiger partial charge in [-0.1, -0.05) is 194 Å². The van der Waals surface area contributed by atoms with Gasteiger partial charge in [-0.05, 0) is 18.8 Å². The van der Waals surface area contributed by atoms with E-state index in [0.29, 0.717) is 0 Å². The van der Waals surface area contributed by atoms with E-state index in [1.807, 2.05) is 0 Å². The molecule has 0 bridgehead atoms. The van der Waals surface area contributed by atoms with Crippen molar-refractivity contribution < 1.29 is 39.5 Å². The number of carboxylic acid groups (broad SMARTS) is 1. The van der Waals surface area contributed by atoms with Gasteiger partial charge in [0.25, 0.3) is 0 Å². The molecule has 0 saturated heterocycles. The summed E-state index contributed by atoms with van der Waals surface area (Å²) in [6, 6.07) is 0. The van der Waals surface area contributed by atoms with Crippen LogP contribution in [0.2, 0.25) is 0 Å². The molecule has 0 N–H and O–H groups in total. The summed E-state index contributed by atoms with van der Waals surface area (Å²) in [6.07, 6.45) is 39.4. The van der Waals surface area contributed by atoms with E-state index >= 15 is 0 Å². The zero-order chi connectivity index (χ0) is 26.4. The van der Waals surface area contributed by atoms with Gasteiger partial charge in [0.2, 0.25) is 0 Å². The number of aliphatic carboxylic acids is 1. The maximum Gasteiger partial charge on any atom is 1.00 e. The molecule has 0 aliphatic heterocycles. The van der Waals surface area contributed by atoms with Gasteiger partial charge >= 0.3 is 29.6 Å². The molecule has 0 heterocycles. The first-order chi connectivity index (χ1) is 17.7. The van der Waals surface area contributed by atoms with Gasteiger partial charge in [0.1, 0.15) is 0 Å². The van der Waals surface area contributed by atoms with Gasteiger partial charge in [0.15, 0.2) is 0 Å². The van der Waals surface area contributed by atoms with E-state index in [-0.39, 0.29) is 35.5 Å². The first-order valence-corrected chi connectivity index (χ1v) is 16.9. The van der Waals surface area contributed by atoms with Gasteiger partial charge in [0.05, 0.1) is 0 Å². The largest absolute Gasteiger partial charge is 1.00 e. The summed E-state index contributed by atoms with van der Waals surface area (Å²) >= 11 is 0. The Morgan fingerprint density at radius 3 is 0.784 bits per heavy atom. The van der Waals surface area contributed by atoms with Gasteiger partial charge in [-0.25, -0.2) is 0 Å². The van der Waals surface area contributed by atoms with Crippen LogP contribution in [0.1, 0.15) is 206 Å². The average molecular weight is 531 g/mol. The maximum atomic E-state index is 11.5. The molecular formula is C34H67NaO2. The average Bonchev–Trinajstić information content (AvgIpc) is 2.87. The summed E-state index contributed by atoms with van der Waals surface area (Å²) < 4.78 is 0. The Balaban J connectivity index is 0. The predicted molar refractivity (Wildman–Crippen MR) is 158 cm³/mol. The number of carboxylic acids is 1. The number of carbonyl (C=O) groups excluding carboxylic acids is 1. The van der Waals surface area contributed by atoms with Gasteiger partial charge in [0, 0.05) is 5.97 Å². The molecule has 0 saturated carbocycles. The summed E-state index contributed by atoms with van der Waals surface area (Å²) in [6.45, 7) is 4.56. The van der Waals surface area contributed by atoms with E-state index in [0.717, 1.165) is 25.7 Å². The third-order valence-electron chi connectivity index (χ3n) is 8.15. The summed E-state index contributed by atoms with van der Waals surface area (Å²) in [5, 5.41) is 11.5. The van der Waals surface area contributed by atoms with Crippen LogP contribution in [-0.4, -0.2) is 5.97 Å². The summed E-state index contributed by atoms with van der Waals surface area (Å²) in [7, 11) is 0. The number of rotatable bonds is 31. The molecule has 0 aromatic rings. The van der Waals surface area contributed by atoms with Crippen LogP contribution in [0, 0.1) is 5.92 Å². The van der Waals surface area contributed by atoms with Crippen molar-refractivity contribution in [2.75, 3.05) is 0 Å². The van der Waals surface area contributed by atoms with Crippen molar-refractivity contribution in [2.24, 2.45) is 5.92 Å². The fourth-order valence-corrected chi connectivity index (χ4v) is 5.55. The number of hydrogen-bond acceptors (Lipinski definition) is 2. The van der Waals surface area contributed by atoms with Crippen molar-refractivity contribution in [3.8, 4) is 0 Å². The standard InChI is InChI=1S/C34H68O2.Na/c1-3-5-7-9-11-13-15-17-18-19-20-22-24-26-28-30-32-33(34(35)36)31-29-27-25-23-21-16-14-12-10-8-6-4-2;/h33H,3-32H2,1-2H3,(H,35,36);/q;+1/p-1.